The number of nitrogens with one attached hydrogen (secondary N) is 3. The monoisotopic (exact) mass is 336 g/mol. The Bertz CT molecular complexity index is 626. The Morgan fingerprint density at radius 3 is 2.75 bits per heavy atom. The van der Waals surface area contributed by atoms with Gasteiger partial charge in [0.2, 0.25) is 5.91 Å². The van der Waals surface area contributed by atoms with Gasteiger partial charge in [-0.2, -0.15) is 5.10 Å². The predicted octanol–water partition coefficient (Wildman–Crippen LogP) is -3.08. The maximum absolute atomic E-state index is 11.8. The van der Waals surface area contributed by atoms with Crippen LogP contribution in [0.1, 0.15) is 12.0 Å². The molecule has 0 atom stereocenters. The molecule has 2 rings (SSSR count). The van der Waals surface area contributed by atoms with E-state index in [1.165, 1.54) is 22.1 Å². The fourth-order valence-electron chi connectivity index (χ4n) is 2.56. The minimum atomic E-state index is -0.737. The van der Waals surface area contributed by atoms with Crippen LogP contribution in [-0.4, -0.2) is 56.8 Å². The lowest BCUT2D eigenvalue weighted by molar-refractivity contribution is -1.00. The van der Waals surface area contributed by atoms with Crippen molar-refractivity contribution in [1.82, 2.24) is 5.43 Å². The number of nitro benzene ring substituents is 1. The highest BCUT2D eigenvalue weighted by Gasteiger charge is 2.20. The maximum atomic E-state index is 11.8. The molecule has 9 nitrogen and oxygen atoms in total. The highest BCUT2D eigenvalue weighted by molar-refractivity contribution is 5.83. The first kappa shape index (κ1) is 17.8. The normalized spacial score (nSPS) is 20.9. The summed E-state index contributed by atoms with van der Waals surface area (Å²) in [7, 11) is 2.17. The van der Waals surface area contributed by atoms with Gasteiger partial charge in [0.05, 0.1) is 31.2 Å². The molecule has 3 N–H and O–H groups in total. The molecule has 24 heavy (non-hydrogen) atoms. The van der Waals surface area contributed by atoms with E-state index < -0.39 is 16.4 Å². The molecule has 1 aliphatic rings. The molecule has 1 fully saturated rings. The second-order valence-electron chi connectivity index (χ2n) is 5.98. The SMILES string of the molecule is C[NH+]1CC[NH+](CCC(=O)N/N=C\c2ccc([O-])c([N+](=O)[O-])c2)CC1. The number of likely N-dealkylation sites (N-methyl/N-ethyl adjacent to an activating group) is 1. The summed E-state index contributed by atoms with van der Waals surface area (Å²) in [4.78, 5) is 24.7. The Hall–Kier alpha value is -2.52. The van der Waals surface area contributed by atoms with Gasteiger partial charge in [0.25, 0.3) is 5.69 Å². The molecule has 1 aliphatic heterocycles. The van der Waals surface area contributed by atoms with Crippen molar-refractivity contribution in [2.24, 2.45) is 5.10 Å². The van der Waals surface area contributed by atoms with Gasteiger partial charge in [-0.05, 0) is 5.75 Å². The molecule has 0 unspecified atom stereocenters. The van der Waals surface area contributed by atoms with Crippen LogP contribution in [0.2, 0.25) is 0 Å². The summed E-state index contributed by atoms with van der Waals surface area (Å²) in [6, 6.07) is 3.66. The second kappa shape index (κ2) is 8.37. The molecule has 0 saturated carbocycles. The third-order valence-corrected chi connectivity index (χ3v) is 4.10. The van der Waals surface area contributed by atoms with E-state index in [1.54, 1.807) is 0 Å². The van der Waals surface area contributed by atoms with Crippen LogP contribution in [0.25, 0.3) is 0 Å². The van der Waals surface area contributed by atoms with Crippen LogP contribution in [0.3, 0.4) is 0 Å². The molecule has 0 aromatic heterocycles. The minimum Gasteiger partial charge on any atom is -0.868 e. The highest BCUT2D eigenvalue weighted by Crippen LogP contribution is 2.22. The van der Waals surface area contributed by atoms with Gasteiger partial charge >= 0.3 is 0 Å². The first-order chi connectivity index (χ1) is 11.5. The lowest BCUT2D eigenvalue weighted by Gasteiger charge is -2.26. The van der Waals surface area contributed by atoms with Crippen molar-refractivity contribution in [3.05, 3.63) is 33.9 Å². The van der Waals surface area contributed by atoms with Gasteiger partial charge in [-0.3, -0.25) is 14.9 Å². The van der Waals surface area contributed by atoms with Gasteiger partial charge in [-0.25, -0.2) is 5.43 Å². The number of carbonyl (C=O) groups excluding carboxylic acids is 1. The molecule has 1 saturated heterocycles. The van der Waals surface area contributed by atoms with Gasteiger partial charge in [-0.15, -0.1) is 0 Å². The molecule has 1 aromatic rings. The molecular weight excluding hydrogens is 314 g/mol. The number of hydrogen-bond donors (Lipinski definition) is 3. The van der Waals surface area contributed by atoms with E-state index in [1.807, 2.05) is 0 Å². The van der Waals surface area contributed by atoms with Crippen LogP contribution in [0.15, 0.2) is 23.3 Å². The van der Waals surface area contributed by atoms with Crippen LogP contribution < -0.4 is 20.3 Å². The topological polar surface area (TPSA) is 117 Å². The molecular formula is C15H22N5O4+. The van der Waals surface area contributed by atoms with Gasteiger partial charge in [0.15, 0.2) is 0 Å². The number of amides is 1. The standard InChI is InChI=1S/C15H21N5O4/c1-18-6-8-19(9-7-18)5-4-15(22)17-16-11-12-2-3-14(21)13(10-12)20(23)24/h2-3,10-11,21H,4-9H2,1H3,(H,17,22)/p+1/b16-11-. The maximum Gasteiger partial charge on any atom is 0.262 e. The summed E-state index contributed by atoms with van der Waals surface area (Å²) in [6.45, 7) is 5.12. The molecule has 0 spiro atoms. The predicted molar refractivity (Wildman–Crippen MR) is 85.1 cm³/mol. The van der Waals surface area contributed by atoms with Crippen LogP contribution in [0.4, 0.5) is 5.69 Å². The first-order valence-corrected chi connectivity index (χ1v) is 7.88. The summed E-state index contributed by atoms with van der Waals surface area (Å²) in [5, 5.41) is 25.8. The van der Waals surface area contributed by atoms with Gasteiger partial charge < -0.3 is 14.9 Å². The van der Waals surface area contributed by atoms with Gasteiger partial charge in [0.1, 0.15) is 26.2 Å². The van der Waals surface area contributed by atoms with E-state index in [2.05, 4.69) is 17.6 Å². The fourth-order valence-corrected chi connectivity index (χ4v) is 2.56. The van der Waals surface area contributed by atoms with Crippen LogP contribution in [0.5, 0.6) is 5.75 Å². The Labute approximate surface area is 139 Å². The van der Waals surface area contributed by atoms with Crippen molar-refractivity contribution in [2.45, 2.75) is 6.42 Å². The highest BCUT2D eigenvalue weighted by atomic mass is 16.6. The number of piperazine rings is 1. The van der Waals surface area contributed by atoms with E-state index in [0.717, 1.165) is 44.9 Å². The quantitative estimate of drug-likeness (QED) is 0.290. The van der Waals surface area contributed by atoms with Crippen molar-refractivity contribution < 1.29 is 24.6 Å². The van der Waals surface area contributed by atoms with E-state index >= 15 is 0 Å². The van der Waals surface area contributed by atoms with Crippen molar-refractivity contribution >= 4 is 17.8 Å². The molecule has 0 radical (unpaired) electrons. The fraction of sp³-hybridized carbons (Fsp3) is 0.467. The van der Waals surface area contributed by atoms with Crippen molar-refractivity contribution in [3.8, 4) is 5.75 Å². The molecule has 1 aromatic carbocycles. The summed E-state index contributed by atoms with van der Waals surface area (Å²) >= 11 is 0. The minimum absolute atomic E-state index is 0.194. The Kier molecular flexibility index (Phi) is 6.21. The van der Waals surface area contributed by atoms with E-state index in [0.29, 0.717) is 12.0 Å². The Balaban J connectivity index is 1.78. The number of hydrazone groups is 1. The van der Waals surface area contributed by atoms with Crippen LogP contribution >= 0.6 is 0 Å². The third kappa shape index (κ3) is 5.28. The van der Waals surface area contributed by atoms with Crippen LogP contribution in [0, 0.1) is 10.1 Å². The molecule has 1 amide bonds. The molecule has 9 heteroatoms. The largest absolute Gasteiger partial charge is 0.868 e. The smallest absolute Gasteiger partial charge is 0.262 e. The van der Waals surface area contributed by atoms with E-state index in [9.17, 15) is 20.0 Å². The number of rotatable bonds is 6. The number of benzene rings is 1. The average molecular weight is 336 g/mol. The van der Waals surface area contributed by atoms with Crippen molar-refractivity contribution in [1.29, 1.82) is 0 Å². The Morgan fingerprint density at radius 2 is 2.08 bits per heavy atom. The number of quaternary nitrogens is 2. The van der Waals surface area contributed by atoms with E-state index in [-0.39, 0.29) is 5.91 Å². The zero-order valence-corrected chi connectivity index (χ0v) is 13.6. The summed E-state index contributed by atoms with van der Waals surface area (Å²) < 4.78 is 0. The molecule has 0 aliphatic carbocycles. The number of carbonyl (C=O) groups is 1. The van der Waals surface area contributed by atoms with Crippen LogP contribution in [-0.2, 0) is 4.79 Å². The van der Waals surface area contributed by atoms with Crippen molar-refractivity contribution in [2.75, 3.05) is 39.8 Å². The molecule has 130 valence electrons. The summed E-state index contributed by atoms with van der Waals surface area (Å²) in [5.41, 5.74) is 2.28. The number of hydrogen-bond acceptors (Lipinski definition) is 5. The van der Waals surface area contributed by atoms with Gasteiger partial charge in [-0.1, -0.05) is 12.1 Å². The van der Waals surface area contributed by atoms with Gasteiger partial charge in [0, 0.05) is 11.6 Å². The number of nitro groups is 1. The Morgan fingerprint density at radius 1 is 1.38 bits per heavy atom. The molecule has 1 heterocycles. The number of nitrogens with zero attached hydrogens (tertiary/aromatic N) is 2. The van der Waals surface area contributed by atoms with Crippen molar-refractivity contribution in [3.63, 3.8) is 0 Å². The first-order valence-electron chi connectivity index (χ1n) is 7.88. The molecule has 0 bridgehead atoms. The lowest BCUT2D eigenvalue weighted by Crippen LogP contribution is -3.27. The third-order valence-electron chi connectivity index (χ3n) is 4.10. The lowest BCUT2D eigenvalue weighted by atomic mass is 10.2. The van der Waals surface area contributed by atoms with E-state index in [4.69, 9.17) is 0 Å². The zero-order valence-electron chi connectivity index (χ0n) is 13.6. The average Bonchev–Trinajstić information content (AvgIpc) is 2.55. The zero-order chi connectivity index (χ0) is 17.5. The summed E-state index contributed by atoms with van der Waals surface area (Å²) in [5.74, 6) is -0.849. The summed E-state index contributed by atoms with van der Waals surface area (Å²) in [6.07, 6.45) is 1.67. The second-order valence-corrected chi connectivity index (χ2v) is 5.98.